The summed E-state index contributed by atoms with van der Waals surface area (Å²) in [5, 5.41) is 3.54. The number of anilines is 1. The fourth-order valence-electron chi connectivity index (χ4n) is 4.32. The van der Waals surface area contributed by atoms with Crippen LogP contribution in [0.2, 0.25) is 5.02 Å². The highest BCUT2D eigenvalue weighted by Crippen LogP contribution is 2.36. The molecule has 1 saturated heterocycles. The smallest absolute Gasteiger partial charge is 0.242 e. The monoisotopic (exact) mass is 444 g/mol. The van der Waals surface area contributed by atoms with Crippen LogP contribution in [0.5, 0.6) is 11.5 Å². The molecule has 0 spiro atoms. The molecule has 1 aliphatic heterocycles. The molecule has 1 amide bonds. The second-order valence-electron chi connectivity index (χ2n) is 7.69. The number of nitrogens with zero attached hydrogens (tertiary/aromatic N) is 1. The van der Waals surface area contributed by atoms with E-state index < -0.39 is 9.84 Å². The lowest BCUT2D eigenvalue weighted by atomic mass is 9.93. The molecule has 1 atom stereocenters. The Morgan fingerprint density at radius 3 is 2.38 bits per heavy atom. The highest BCUT2D eigenvalue weighted by Gasteiger charge is 2.38. The number of hydrogen-bond acceptors (Lipinski definition) is 6. The highest BCUT2D eigenvalue weighted by atomic mass is 35.5. The number of ether oxygens (including phenoxy) is 2. The summed E-state index contributed by atoms with van der Waals surface area (Å²) < 4.78 is 34.6. The van der Waals surface area contributed by atoms with Gasteiger partial charge in [-0.2, -0.15) is 0 Å². The van der Waals surface area contributed by atoms with Gasteiger partial charge in [0, 0.05) is 24.2 Å². The zero-order valence-corrected chi connectivity index (χ0v) is 18.5. The third-order valence-corrected chi connectivity index (χ3v) is 7.81. The molecule has 1 N–H and O–H groups in total. The molecular weight excluding hydrogens is 416 g/mol. The van der Waals surface area contributed by atoms with E-state index in [9.17, 15) is 13.2 Å². The van der Waals surface area contributed by atoms with E-state index in [1.54, 1.807) is 12.1 Å². The molecule has 29 heavy (non-hydrogen) atoms. The molecule has 1 aliphatic carbocycles. The van der Waals surface area contributed by atoms with E-state index in [1.165, 1.54) is 20.6 Å². The fourth-order valence-corrected chi connectivity index (χ4v) is 6.26. The minimum Gasteiger partial charge on any atom is -0.495 e. The van der Waals surface area contributed by atoms with Gasteiger partial charge in [0.15, 0.2) is 9.84 Å². The Kier molecular flexibility index (Phi) is 7.16. The summed E-state index contributed by atoms with van der Waals surface area (Å²) in [6.45, 7) is 0.0498. The molecule has 2 fully saturated rings. The number of carbonyl (C=O) groups is 1. The molecule has 7 nitrogen and oxygen atoms in total. The van der Waals surface area contributed by atoms with Gasteiger partial charge in [-0.25, -0.2) is 8.42 Å². The van der Waals surface area contributed by atoms with Gasteiger partial charge in [-0.05, 0) is 19.3 Å². The first-order valence-electron chi connectivity index (χ1n) is 10.0. The second kappa shape index (κ2) is 9.43. The number of nitrogens with one attached hydrogen (secondary N) is 1. The lowest BCUT2D eigenvalue weighted by Crippen LogP contribution is -2.50. The maximum atomic E-state index is 13.2. The van der Waals surface area contributed by atoms with E-state index >= 15 is 0 Å². The number of halogens is 1. The van der Waals surface area contributed by atoms with Gasteiger partial charge in [0.05, 0.1) is 43.0 Å². The molecule has 1 heterocycles. The fraction of sp³-hybridized carbons (Fsp3) is 0.650. The number of rotatable bonds is 7. The van der Waals surface area contributed by atoms with Crippen LogP contribution in [0.1, 0.15) is 38.5 Å². The Morgan fingerprint density at radius 2 is 1.79 bits per heavy atom. The molecule has 0 aromatic heterocycles. The summed E-state index contributed by atoms with van der Waals surface area (Å²) in [7, 11) is -0.0173. The first-order chi connectivity index (χ1) is 13.8. The average molecular weight is 445 g/mol. The van der Waals surface area contributed by atoms with Crippen molar-refractivity contribution in [3.8, 4) is 11.5 Å². The Balaban J connectivity index is 1.76. The molecule has 9 heteroatoms. The first-order valence-corrected chi connectivity index (χ1v) is 12.2. The van der Waals surface area contributed by atoms with Crippen molar-refractivity contribution >= 4 is 33.0 Å². The van der Waals surface area contributed by atoms with E-state index in [-0.39, 0.29) is 36.0 Å². The molecule has 1 aromatic carbocycles. The molecule has 1 unspecified atom stereocenters. The van der Waals surface area contributed by atoms with Gasteiger partial charge < -0.3 is 19.7 Å². The molecule has 162 valence electrons. The van der Waals surface area contributed by atoms with Crippen molar-refractivity contribution in [1.29, 1.82) is 0 Å². The van der Waals surface area contributed by atoms with Crippen LogP contribution in [-0.4, -0.2) is 63.6 Å². The molecule has 0 bridgehead atoms. The summed E-state index contributed by atoms with van der Waals surface area (Å²) >= 11 is 6.14. The largest absolute Gasteiger partial charge is 0.495 e. The predicted octanol–water partition coefficient (Wildman–Crippen LogP) is 3.12. The minimum absolute atomic E-state index is 0.0498. The Labute approximate surface area is 177 Å². The van der Waals surface area contributed by atoms with Gasteiger partial charge >= 0.3 is 0 Å². The van der Waals surface area contributed by atoms with Crippen LogP contribution in [0.3, 0.4) is 0 Å². The quantitative estimate of drug-likeness (QED) is 0.695. The summed E-state index contributed by atoms with van der Waals surface area (Å²) in [5.74, 6) is 1.12. The van der Waals surface area contributed by atoms with Crippen LogP contribution in [0.15, 0.2) is 12.1 Å². The Hall–Kier alpha value is -1.67. The van der Waals surface area contributed by atoms with Crippen molar-refractivity contribution < 1.29 is 22.7 Å². The highest BCUT2D eigenvalue weighted by molar-refractivity contribution is 7.91. The lowest BCUT2D eigenvalue weighted by molar-refractivity contribution is -0.134. The normalized spacial score (nSPS) is 21.6. The summed E-state index contributed by atoms with van der Waals surface area (Å²) in [4.78, 5) is 15.0. The van der Waals surface area contributed by atoms with E-state index in [0.29, 0.717) is 28.6 Å². The number of amides is 1. The molecule has 2 aliphatic rings. The molecule has 1 aromatic rings. The van der Waals surface area contributed by atoms with Crippen LogP contribution in [0.4, 0.5) is 5.69 Å². The molecule has 0 radical (unpaired) electrons. The lowest BCUT2D eigenvalue weighted by Gasteiger charge is -2.38. The maximum absolute atomic E-state index is 13.2. The number of methoxy groups -OCH3 is 2. The van der Waals surface area contributed by atoms with Gasteiger partial charge in [0.2, 0.25) is 5.91 Å². The number of hydrogen-bond donors (Lipinski definition) is 1. The van der Waals surface area contributed by atoms with Gasteiger partial charge in [-0.3, -0.25) is 4.79 Å². The Bertz CT molecular complexity index is 840. The van der Waals surface area contributed by atoms with Gasteiger partial charge in [0.1, 0.15) is 11.5 Å². The second-order valence-corrected chi connectivity index (χ2v) is 10.3. The number of sulfone groups is 1. The van der Waals surface area contributed by atoms with E-state index in [0.717, 1.165) is 25.7 Å². The van der Waals surface area contributed by atoms with E-state index in [1.807, 2.05) is 4.90 Å². The average Bonchev–Trinajstić information content (AvgIpc) is 3.06. The van der Waals surface area contributed by atoms with Crippen molar-refractivity contribution in [3.05, 3.63) is 17.2 Å². The van der Waals surface area contributed by atoms with Crippen molar-refractivity contribution in [2.75, 3.05) is 37.6 Å². The van der Waals surface area contributed by atoms with Crippen LogP contribution in [-0.2, 0) is 14.6 Å². The summed E-state index contributed by atoms with van der Waals surface area (Å²) in [6.07, 6.45) is 5.69. The van der Waals surface area contributed by atoms with E-state index in [4.69, 9.17) is 21.1 Å². The summed E-state index contributed by atoms with van der Waals surface area (Å²) in [6, 6.07) is 3.20. The minimum atomic E-state index is -3.07. The number of benzene rings is 1. The SMILES string of the molecule is COc1cc(NCC(=O)N(C2CCCCC2)C2CCS(=O)(=O)C2)c(OC)cc1Cl. The molecular formula is C20H29ClN2O5S. The number of carbonyl (C=O) groups excluding carboxylic acids is 1. The van der Waals surface area contributed by atoms with Crippen molar-refractivity contribution in [3.63, 3.8) is 0 Å². The van der Waals surface area contributed by atoms with Gasteiger partial charge in [-0.1, -0.05) is 30.9 Å². The summed E-state index contributed by atoms with van der Waals surface area (Å²) in [5.41, 5.74) is 0.602. The first kappa shape index (κ1) is 22.0. The van der Waals surface area contributed by atoms with Gasteiger partial charge in [0.25, 0.3) is 0 Å². The van der Waals surface area contributed by atoms with Gasteiger partial charge in [-0.15, -0.1) is 0 Å². The van der Waals surface area contributed by atoms with E-state index in [2.05, 4.69) is 5.32 Å². The molecule has 3 rings (SSSR count). The van der Waals surface area contributed by atoms with Crippen LogP contribution in [0, 0.1) is 0 Å². The van der Waals surface area contributed by atoms with Crippen molar-refractivity contribution in [2.45, 2.75) is 50.6 Å². The topological polar surface area (TPSA) is 84.9 Å². The third-order valence-electron chi connectivity index (χ3n) is 5.76. The predicted molar refractivity (Wildman–Crippen MR) is 114 cm³/mol. The standard InChI is InChI=1S/C20H29ClN2O5S/c1-27-18-11-17(19(28-2)10-16(18)21)22-12-20(24)23(14-6-4-3-5-7-14)15-8-9-29(25,26)13-15/h10-11,14-15,22H,3-9,12-13H2,1-2H3. The van der Waals surface area contributed by atoms with Crippen molar-refractivity contribution in [2.24, 2.45) is 0 Å². The van der Waals surface area contributed by atoms with Crippen LogP contribution < -0.4 is 14.8 Å². The van der Waals surface area contributed by atoms with Crippen LogP contribution >= 0.6 is 11.6 Å². The maximum Gasteiger partial charge on any atom is 0.242 e. The molecule has 1 saturated carbocycles. The zero-order chi connectivity index (χ0) is 21.0. The third kappa shape index (κ3) is 5.28. The van der Waals surface area contributed by atoms with Crippen molar-refractivity contribution in [1.82, 2.24) is 4.90 Å². The van der Waals surface area contributed by atoms with Crippen LogP contribution in [0.25, 0.3) is 0 Å². The zero-order valence-electron chi connectivity index (χ0n) is 16.9. The Morgan fingerprint density at radius 1 is 1.10 bits per heavy atom.